The molecule has 0 saturated heterocycles. The summed E-state index contributed by atoms with van der Waals surface area (Å²) < 4.78 is 43.2. The maximum absolute atomic E-state index is 13.7. The van der Waals surface area contributed by atoms with Crippen molar-refractivity contribution < 1.29 is 21.8 Å². The van der Waals surface area contributed by atoms with Gasteiger partial charge < -0.3 is 9.50 Å². The van der Waals surface area contributed by atoms with Crippen molar-refractivity contribution in [2.24, 2.45) is 0 Å². The monoisotopic (exact) mass is 399 g/mol. The molecular formula is C21H18FNO4S. The van der Waals surface area contributed by atoms with Gasteiger partial charge in [0.05, 0.1) is 0 Å². The zero-order chi connectivity index (χ0) is 20.0. The smallest absolute Gasteiger partial charge is 0.313 e. The second-order valence-electron chi connectivity index (χ2n) is 6.07. The third-order valence-electron chi connectivity index (χ3n) is 3.91. The second-order valence-corrected chi connectivity index (χ2v) is 7.64. The van der Waals surface area contributed by atoms with Crippen LogP contribution >= 0.6 is 0 Å². The SMILES string of the molecule is O=C(NCc1ccccc1)c1cccc(OS(=O)(=O)Cc2ccccc2F)c1. The lowest BCUT2D eigenvalue weighted by Gasteiger charge is -2.10. The van der Waals surface area contributed by atoms with Gasteiger partial charge in [0.2, 0.25) is 0 Å². The minimum absolute atomic E-state index is 0.0105. The van der Waals surface area contributed by atoms with Gasteiger partial charge in [-0.1, -0.05) is 54.6 Å². The van der Waals surface area contributed by atoms with Crippen LogP contribution < -0.4 is 9.50 Å². The zero-order valence-electron chi connectivity index (χ0n) is 14.8. The molecule has 0 unspecified atom stereocenters. The molecule has 3 rings (SSSR count). The predicted molar refractivity (Wildman–Crippen MR) is 104 cm³/mol. The third kappa shape index (κ3) is 5.40. The van der Waals surface area contributed by atoms with Gasteiger partial charge in [-0.25, -0.2) is 4.39 Å². The van der Waals surface area contributed by atoms with E-state index in [-0.39, 0.29) is 22.8 Å². The first kappa shape index (κ1) is 19.6. The molecule has 5 nitrogen and oxygen atoms in total. The topological polar surface area (TPSA) is 72.5 Å². The minimum Gasteiger partial charge on any atom is -0.382 e. The summed E-state index contributed by atoms with van der Waals surface area (Å²) in [6.45, 7) is 0.344. The fourth-order valence-electron chi connectivity index (χ4n) is 2.55. The largest absolute Gasteiger partial charge is 0.382 e. The van der Waals surface area contributed by atoms with Crippen LogP contribution in [-0.4, -0.2) is 14.3 Å². The van der Waals surface area contributed by atoms with E-state index in [9.17, 15) is 17.6 Å². The molecule has 28 heavy (non-hydrogen) atoms. The van der Waals surface area contributed by atoms with Crippen molar-refractivity contribution in [1.82, 2.24) is 5.32 Å². The van der Waals surface area contributed by atoms with E-state index in [1.54, 1.807) is 12.1 Å². The Kier molecular flexibility index (Phi) is 6.06. The van der Waals surface area contributed by atoms with Crippen molar-refractivity contribution >= 4 is 16.0 Å². The normalized spacial score (nSPS) is 11.0. The molecule has 0 spiro atoms. The second kappa shape index (κ2) is 8.67. The Morgan fingerprint density at radius 3 is 2.39 bits per heavy atom. The average molecular weight is 399 g/mol. The van der Waals surface area contributed by atoms with Crippen LogP contribution in [0.2, 0.25) is 0 Å². The first-order valence-corrected chi connectivity index (χ1v) is 10.1. The number of carbonyl (C=O) groups is 1. The molecule has 0 heterocycles. The Balaban J connectivity index is 1.67. The molecule has 0 radical (unpaired) electrons. The van der Waals surface area contributed by atoms with E-state index in [1.807, 2.05) is 30.3 Å². The van der Waals surface area contributed by atoms with Gasteiger partial charge in [-0.3, -0.25) is 4.79 Å². The number of nitrogens with one attached hydrogen (secondary N) is 1. The van der Waals surface area contributed by atoms with E-state index in [0.717, 1.165) is 5.56 Å². The molecule has 7 heteroatoms. The lowest BCUT2D eigenvalue weighted by atomic mass is 10.2. The lowest BCUT2D eigenvalue weighted by molar-refractivity contribution is 0.0950. The summed E-state index contributed by atoms with van der Waals surface area (Å²) in [5.74, 6) is -1.60. The number of hydrogen-bond donors (Lipinski definition) is 1. The quantitative estimate of drug-likeness (QED) is 0.616. The van der Waals surface area contributed by atoms with Crippen molar-refractivity contribution in [3.8, 4) is 5.75 Å². The van der Waals surface area contributed by atoms with Crippen LogP contribution in [0.1, 0.15) is 21.5 Å². The van der Waals surface area contributed by atoms with Crippen molar-refractivity contribution in [2.75, 3.05) is 0 Å². The summed E-state index contributed by atoms with van der Waals surface area (Å²) in [4.78, 5) is 12.3. The highest BCUT2D eigenvalue weighted by molar-refractivity contribution is 7.86. The Labute approximate surface area is 162 Å². The summed E-state index contributed by atoms with van der Waals surface area (Å²) in [7, 11) is -4.08. The first-order chi connectivity index (χ1) is 13.4. The lowest BCUT2D eigenvalue weighted by Crippen LogP contribution is -2.22. The van der Waals surface area contributed by atoms with Gasteiger partial charge in [-0.2, -0.15) is 8.42 Å². The Hall–Kier alpha value is -3.19. The molecule has 0 aromatic heterocycles. The van der Waals surface area contributed by atoms with Gasteiger partial charge in [0.1, 0.15) is 17.3 Å². The fraction of sp³-hybridized carbons (Fsp3) is 0.0952. The van der Waals surface area contributed by atoms with E-state index >= 15 is 0 Å². The van der Waals surface area contributed by atoms with Crippen LogP contribution in [0.5, 0.6) is 5.75 Å². The van der Waals surface area contributed by atoms with E-state index in [1.165, 1.54) is 36.4 Å². The summed E-state index contributed by atoms with van der Waals surface area (Å²) in [5.41, 5.74) is 1.21. The maximum Gasteiger partial charge on any atom is 0.313 e. The standard InChI is InChI=1S/C21H18FNO4S/c22-20-12-5-4-9-18(20)15-28(25,26)27-19-11-6-10-17(13-19)21(24)23-14-16-7-2-1-3-8-16/h1-13H,14-15H2,(H,23,24). The van der Waals surface area contributed by atoms with Crippen molar-refractivity contribution in [2.45, 2.75) is 12.3 Å². The van der Waals surface area contributed by atoms with Gasteiger partial charge >= 0.3 is 10.1 Å². The number of hydrogen-bond acceptors (Lipinski definition) is 4. The van der Waals surface area contributed by atoms with Crippen LogP contribution in [-0.2, 0) is 22.4 Å². The fourth-order valence-corrected chi connectivity index (χ4v) is 3.62. The molecular weight excluding hydrogens is 381 g/mol. The molecule has 0 fully saturated rings. The summed E-state index contributed by atoms with van der Waals surface area (Å²) >= 11 is 0. The van der Waals surface area contributed by atoms with E-state index < -0.39 is 21.7 Å². The third-order valence-corrected chi connectivity index (χ3v) is 5.02. The molecule has 3 aromatic rings. The Morgan fingerprint density at radius 2 is 1.64 bits per heavy atom. The zero-order valence-corrected chi connectivity index (χ0v) is 15.7. The Bertz CT molecular complexity index is 1070. The summed E-state index contributed by atoms with van der Waals surface area (Å²) in [6.07, 6.45) is 0. The van der Waals surface area contributed by atoms with Gasteiger partial charge in [0, 0.05) is 17.7 Å². The molecule has 3 aromatic carbocycles. The average Bonchev–Trinajstić information content (AvgIpc) is 2.68. The van der Waals surface area contributed by atoms with Crippen LogP contribution in [0.25, 0.3) is 0 Å². The molecule has 0 bridgehead atoms. The molecule has 0 aliphatic heterocycles. The number of benzene rings is 3. The molecule has 0 saturated carbocycles. The number of amides is 1. The van der Waals surface area contributed by atoms with Crippen LogP contribution in [0.4, 0.5) is 4.39 Å². The van der Waals surface area contributed by atoms with Crippen molar-refractivity contribution in [3.05, 3.63) is 101 Å². The summed E-state index contributed by atoms with van der Waals surface area (Å²) in [6, 6.07) is 20.8. The molecule has 1 N–H and O–H groups in total. The van der Waals surface area contributed by atoms with Gasteiger partial charge in [0.25, 0.3) is 5.91 Å². The van der Waals surface area contributed by atoms with Crippen LogP contribution in [0.15, 0.2) is 78.9 Å². The number of rotatable bonds is 7. The van der Waals surface area contributed by atoms with E-state index in [0.29, 0.717) is 6.54 Å². The minimum atomic E-state index is -4.08. The highest BCUT2D eigenvalue weighted by Gasteiger charge is 2.17. The van der Waals surface area contributed by atoms with Gasteiger partial charge in [-0.05, 0) is 29.8 Å². The molecule has 0 aliphatic rings. The molecule has 144 valence electrons. The van der Waals surface area contributed by atoms with Crippen LogP contribution in [0, 0.1) is 5.82 Å². The Morgan fingerprint density at radius 1 is 0.929 bits per heavy atom. The number of halogens is 1. The van der Waals surface area contributed by atoms with E-state index in [2.05, 4.69) is 5.32 Å². The molecule has 1 amide bonds. The first-order valence-electron chi connectivity index (χ1n) is 8.51. The maximum atomic E-state index is 13.7. The van der Waals surface area contributed by atoms with Crippen molar-refractivity contribution in [1.29, 1.82) is 0 Å². The van der Waals surface area contributed by atoms with Crippen molar-refractivity contribution in [3.63, 3.8) is 0 Å². The predicted octanol–water partition coefficient (Wildman–Crippen LogP) is 3.66. The summed E-state index contributed by atoms with van der Waals surface area (Å²) in [5, 5.41) is 2.76. The number of carbonyl (C=O) groups excluding carboxylic acids is 1. The van der Waals surface area contributed by atoms with Gasteiger partial charge in [0.15, 0.2) is 0 Å². The van der Waals surface area contributed by atoms with Gasteiger partial charge in [-0.15, -0.1) is 0 Å². The molecule has 0 aliphatic carbocycles. The molecule has 0 atom stereocenters. The highest BCUT2D eigenvalue weighted by Crippen LogP contribution is 2.19. The van der Waals surface area contributed by atoms with Crippen LogP contribution in [0.3, 0.4) is 0 Å². The highest BCUT2D eigenvalue weighted by atomic mass is 32.2. The van der Waals surface area contributed by atoms with E-state index in [4.69, 9.17) is 4.18 Å².